The number of ether oxygens (including phenoxy) is 1. The Hall–Kier alpha value is -2.81. The van der Waals surface area contributed by atoms with Crippen LogP contribution in [0.3, 0.4) is 0 Å². The molecule has 4 rings (SSSR count). The van der Waals surface area contributed by atoms with Crippen LogP contribution in [-0.4, -0.2) is 63.2 Å². The third-order valence-electron chi connectivity index (χ3n) is 4.68. The second kappa shape index (κ2) is 6.83. The zero-order valence-electron chi connectivity index (χ0n) is 14.8. The number of fused-ring (bicyclic) bond motifs is 1. The molecule has 2 aromatic heterocycles. The highest BCUT2D eigenvalue weighted by molar-refractivity contribution is 5.82. The van der Waals surface area contributed by atoms with E-state index >= 15 is 0 Å². The summed E-state index contributed by atoms with van der Waals surface area (Å²) in [6, 6.07) is 4.63. The SMILES string of the molecule is COc1ccc(F)cc1CN1CCN(c2ncnc3c2nnn3C)CC1. The van der Waals surface area contributed by atoms with Crippen molar-refractivity contribution in [2.45, 2.75) is 6.54 Å². The van der Waals surface area contributed by atoms with Crippen LogP contribution in [0.5, 0.6) is 5.75 Å². The lowest BCUT2D eigenvalue weighted by atomic mass is 10.1. The van der Waals surface area contributed by atoms with Crippen LogP contribution < -0.4 is 9.64 Å². The fraction of sp³-hybridized carbons (Fsp3) is 0.412. The van der Waals surface area contributed by atoms with E-state index in [1.165, 1.54) is 6.07 Å². The largest absolute Gasteiger partial charge is 0.496 e. The van der Waals surface area contributed by atoms with Gasteiger partial charge in [0.2, 0.25) is 0 Å². The maximum absolute atomic E-state index is 13.6. The van der Waals surface area contributed by atoms with E-state index in [9.17, 15) is 4.39 Å². The van der Waals surface area contributed by atoms with Gasteiger partial charge in [0, 0.05) is 45.3 Å². The number of aryl methyl sites for hydroxylation is 1. The molecule has 0 spiro atoms. The van der Waals surface area contributed by atoms with E-state index in [0.717, 1.165) is 48.7 Å². The van der Waals surface area contributed by atoms with Gasteiger partial charge in [0.25, 0.3) is 0 Å². The van der Waals surface area contributed by atoms with Crippen LogP contribution in [-0.2, 0) is 13.6 Å². The smallest absolute Gasteiger partial charge is 0.183 e. The first-order chi connectivity index (χ1) is 12.7. The number of hydrogen-bond acceptors (Lipinski definition) is 7. The summed E-state index contributed by atoms with van der Waals surface area (Å²) in [6.07, 6.45) is 1.55. The summed E-state index contributed by atoms with van der Waals surface area (Å²) in [5.74, 6) is 1.28. The number of aromatic nitrogens is 5. The molecule has 0 amide bonds. The molecular weight excluding hydrogens is 337 g/mol. The molecule has 0 unspecified atom stereocenters. The predicted octanol–water partition coefficient (Wildman–Crippen LogP) is 1.23. The number of methoxy groups -OCH3 is 1. The summed E-state index contributed by atoms with van der Waals surface area (Å²) in [5.41, 5.74) is 2.30. The Labute approximate surface area is 150 Å². The Morgan fingerprint density at radius 3 is 2.73 bits per heavy atom. The summed E-state index contributed by atoms with van der Waals surface area (Å²) in [7, 11) is 3.42. The molecule has 3 aromatic rings. The molecule has 1 fully saturated rings. The van der Waals surface area contributed by atoms with Crippen LogP contribution >= 0.6 is 0 Å². The molecule has 1 saturated heterocycles. The van der Waals surface area contributed by atoms with Crippen LogP contribution in [0.1, 0.15) is 5.56 Å². The zero-order valence-corrected chi connectivity index (χ0v) is 14.8. The Morgan fingerprint density at radius 2 is 1.96 bits per heavy atom. The van der Waals surface area contributed by atoms with Crippen LogP contribution in [0.2, 0.25) is 0 Å². The number of rotatable bonds is 4. The second-order valence-electron chi connectivity index (χ2n) is 6.30. The van der Waals surface area contributed by atoms with Crippen molar-refractivity contribution in [1.29, 1.82) is 0 Å². The summed E-state index contributed by atoms with van der Waals surface area (Å²) < 4.78 is 20.6. The Balaban J connectivity index is 1.47. The van der Waals surface area contributed by atoms with Gasteiger partial charge in [0.1, 0.15) is 17.9 Å². The van der Waals surface area contributed by atoms with Gasteiger partial charge in [-0.15, -0.1) is 5.10 Å². The number of nitrogens with zero attached hydrogens (tertiary/aromatic N) is 7. The number of hydrogen-bond donors (Lipinski definition) is 0. The van der Waals surface area contributed by atoms with Crippen molar-refractivity contribution in [1.82, 2.24) is 29.9 Å². The minimum atomic E-state index is -0.245. The monoisotopic (exact) mass is 357 g/mol. The molecule has 0 N–H and O–H groups in total. The molecule has 0 bridgehead atoms. The Bertz CT molecular complexity index is 921. The van der Waals surface area contributed by atoms with Gasteiger partial charge in [0.15, 0.2) is 17.0 Å². The van der Waals surface area contributed by atoms with Gasteiger partial charge in [-0.2, -0.15) is 0 Å². The third kappa shape index (κ3) is 3.05. The molecule has 0 aliphatic carbocycles. The highest BCUT2D eigenvalue weighted by atomic mass is 19.1. The van der Waals surface area contributed by atoms with E-state index in [1.54, 1.807) is 30.3 Å². The highest BCUT2D eigenvalue weighted by Crippen LogP contribution is 2.24. The van der Waals surface area contributed by atoms with E-state index in [4.69, 9.17) is 4.74 Å². The van der Waals surface area contributed by atoms with E-state index < -0.39 is 0 Å². The van der Waals surface area contributed by atoms with Gasteiger partial charge in [-0.05, 0) is 18.2 Å². The first-order valence-corrected chi connectivity index (χ1v) is 8.46. The van der Waals surface area contributed by atoms with Gasteiger partial charge in [0.05, 0.1) is 7.11 Å². The molecule has 0 atom stereocenters. The van der Waals surface area contributed by atoms with Crippen LogP contribution in [0.25, 0.3) is 11.2 Å². The van der Waals surface area contributed by atoms with E-state index in [1.807, 2.05) is 7.05 Å². The van der Waals surface area contributed by atoms with Crippen molar-refractivity contribution < 1.29 is 9.13 Å². The van der Waals surface area contributed by atoms with E-state index in [-0.39, 0.29) is 5.82 Å². The molecule has 1 aliphatic rings. The van der Waals surface area contributed by atoms with Crippen molar-refractivity contribution in [3.63, 3.8) is 0 Å². The standard InChI is InChI=1S/C17H20FN7O/c1-23-16-15(21-22-23)17(20-11-19-16)25-7-5-24(6-8-25)10-12-9-13(18)3-4-14(12)26-2/h3-4,9,11H,5-8,10H2,1-2H3. The van der Waals surface area contributed by atoms with Crippen molar-refractivity contribution in [2.75, 3.05) is 38.2 Å². The normalized spacial score (nSPS) is 15.6. The third-order valence-corrected chi connectivity index (χ3v) is 4.68. The zero-order chi connectivity index (χ0) is 18.1. The predicted molar refractivity (Wildman–Crippen MR) is 94.5 cm³/mol. The number of piperazine rings is 1. The molecule has 9 heteroatoms. The van der Waals surface area contributed by atoms with Crippen LogP contribution in [0.4, 0.5) is 10.2 Å². The molecule has 1 aliphatic heterocycles. The fourth-order valence-electron chi connectivity index (χ4n) is 3.30. The average molecular weight is 357 g/mol. The number of halogens is 1. The average Bonchev–Trinajstić information content (AvgIpc) is 3.04. The maximum Gasteiger partial charge on any atom is 0.183 e. The molecule has 3 heterocycles. The van der Waals surface area contributed by atoms with Crippen LogP contribution in [0.15, 0.2) is 24.5 Å². The highest BCUT2D eigenvalue weighted by Gasteiger charge is 2.22. The molecule has 136 valence electrons. The van der Waals surface area contributed by atoms with Gasteiger partial charge < -0.3 is 9.64 Å². The molecule has 8 nitrogen and oxygen atoms in total. The lowest BCUT2D eigenvalue weighted by Gasteiger charge is -2.35. The molecule has 26 heavy (non-hydrogen) atoms. The lowest BCUT2D eigenvalue weighted by molar-refractivity contribution is 0.245. The number of benzene rings is 1. The first-order valence-electron chi connectivity index (χ1n) is 8.46. The molecular formula is C17H20FN7O. The summed E-state index contributed by atoms with van der Waals surface area (Å²) in [5, 5.41) is 8.21. The van der Waals surface area contributed by atoms with Gasteiger partial charge in [-0.1, -0.05) is 5.21 Å². The fourth-order valence-corrected chi connectivity index (χ4v) is 3.30. The number of anilines is 1. The minimum absolute atomic E-state index is 0.245. The summed E-state index contributed by atoms with van der Waals surface area (Å²) in [6.45, 7) is 3.94. The molecule has 1 aromatic carbocycles. The Kier molecular flexibility index (Phi) is 4.37. The molecule has 0 radical (unpaired) electrons. The quantitative estimate of drug-likeness (QED) is 0.695. The molecule has 0 saturated carbocycles. The van der Waals surface area contributed by atoms with Crippen LogP contribution in [0, 0.1) is 5.82 Å². The van der Waals surface area contributed by atoms with Gasteiger partial charge >= 0.3 is 0 Å². The topological polar surface area (TPSA) is 72.2 Å². The van der Waals surface area contributed by atoms with Gasteiger partial charge in [-0.25, -0.2) is 19.0 Å². The minimum Gasteiger partial charge on any atom is -0.496 e. The lowest BCUT2D eigenvalue weighted by Crippen LogP contribution is -2.46. The van der Waals surface area contributed by atoms with E-state index in [2.05, 4.69) is 30.1 Å². The van der Waals surface area contributed by atoms with Crippen molar-refractivity contribution in [2.24, 2.45) is 7.05 Å². The Morgan fingerprint density at radius 1 is 1.15 bits per heavy atom. The first kappa shape index (κ1) is 16.6. The van der Waals surface area contributed by atoms with E-state index in [0.29, 0.717) is 12.3 Å². The summed E-state index contributed by atoms with van der Waals surface area (Å²) in [4.78, 5) is 13.1. The van der Waals surface area contributed by atoms with Crippen molar-refractivity contribution in [3.8, 4) is 5.75 Å². The maximum atomic E-state index is 13.6. The second-order valence-corrected chi connectivity index (χ2v) is 6.30. The van der Waals surface area contributed by atoms with Crippen molar-refractivity contribution in [3.05, 3.63) is 35.9 Å². The van der Waals surface area contributed by atoms with Gasteiger partial charge in [-0.3, -0.25) is 4.90 Å². The summed E-state index contributed by atoms with van der Waals surface area (Å²) >= 11 is 0. The van der Waals surface area contributed by atoms with Crippen molar-refractivity contribution >= 4 is 17.0 Å².